The molecule has 0 aliphatic carbocycles. The van der Waals surface area contributed by atoms with Crippen LogP contribution in [0.2, 0.25) is 5.02 Å². The van der Waals surface area contributed by atoms with Gasteiger partial charge >= 0.3 is 0 Å². The summed E-state index contributed by atoms with van der Waals surface area (Å²) in [5, 5.41) is 0.351. The monoisotopic (exact) mass is 353 g/mol. The average Bonchev–Trinajstić information content (AvgIpc) is 2.61. The predicted molar refractivity (Wildman–Crippen MR) is 69.9 cm³/mol. The second-order valence-electron chi connectivity index (χ2n) is 2.86. The molecule has 2 rings (SSSR count). The fourth-order valence-electron chi connectivity index (χ4n) is 0.981. The van der Waals surface area contributed by atoms with Crippen molar-refractivity contribution >= 4 is 54.8 Å². The van der Waals surface area contributed by atoms with Crippen LogP contribution < -0.4 is 4.72 Å². The molecule has 0 amide bonds. The first-order chi connectivity index (χ1) is 7.99. The van der Waals surface area contributed by atoms with E-state index in [0.717, 1.165) is 11.3 Å². The van der Waals surface area contributed by atoms with Crippen molar-refractivity contribution < 1.29 is 8.42 Å². The first kappa shape index (κ1) is 12.7. The normalized spacial score (nSPS) is 11.4. The van der Waals surface area contributed by atoms with Crippen LogP contribution in [-0.2, 0) is 10.0 Å². The van der Waals surface area contributed by atoms with E-state index in [1.165, 1.54) is 18.5 Å². The number of hydrogen-bond donors (Lipinski definition) is 1. The van der Waals surface area contributed by atoms with Gasteiger partial charge in [0.1, 0.15) is 4.21 Å². The summed E-state index contributed by atoms with van der Waals surface area (Å²) >= 11 is 9.95. The van der Waals surface area contributed by atoms with Gasteiger partial charge < -0.3 is 0 Å². The van der Waals surface area contributed by atoms with Gasteiger partial charge in [0.25, 0.3) is 10.0 Å². The molecule has 0 saturated heterocycles. The van der Waals surface area contributed by atoms with Crippen molar-refractivity contribution in [1.82, 2.24) is 9.97 Å². The van der Waals surface area contributed by atoms with Crippen LogP contribution in [0.4, 0.5) is 5.95 Å². The van der Waals surface area contributed by atoms with Gasteiger partial charge in [0, 0.05) is 12.4 Å². The van der Waals surface area contributed by atoms with Crippen molar-refractivity contribution in [2.24, 2.45) is 0 Å². The summed E-state index contributed by atoms with van der Waals surface area (Å²) in [5.74, 6) is 0.0214. The third kappa shape index (κ3) is 2.95. The zero-order valence-electron chi connectivity index (χ0n) is 8.09. The number of thiophene rings is 1. The fourth-order valence-corrected chi connectivity index (χ4v) is 4.34. The molecule has 90 valence electrons. The summed E-state index contributed by atoms with van der Waals surface area (Å²) in [5.41, 5.74) is 0. The number of anilines is 1. The molecule has 0 aromatic carbocycles. The minimum absolute atomic E-state index is 0.0214. The largest absolute Gasteiger partial charge is 0.273 e. The van der Waals surface area contributed by atoms with Gasteiger partial charge in [0.2, 0.25) is 5.95 Å². The number of sulfonamides is 1. The molecule has 17 heavy (non-hydrogen) atoms. The minimum Gasteiger partial charge on any atom is -0.247 e. The lowest BCUT2D eigenvalue weighted by molar-refractivity contribution is 0.602. The van der Waals surface area contributed by atoms with Crippen LogP contribution in [-0.4, -0.2) is 18.4 Å². The lowest BCUT2D eigenvalue weighted by atomic mass is 10.7. The standard InChI is InChI=1S/C8H5BrClN3O2S2/c9-7-5(10)4-6(16-7)17(14,15)13-8-11-2-1-3-12-8/h1-4H,(H,11,12,13). The Morgan fingerprint density at radius 3 is 2.53 bits per heavy atom. The van der Waals surface area contributed by atoms with E-state index >= 15 is 0 Å². The molecule has 2 aromatic rings. The number of hydrogen-bond acceptors (Lipinski definition) is 5. The Kier molecular flexibility index (Phi) is 3.67. The average molecular weight is 355 g/mol. The van der Waals surface area contributed by atoms with Crippen LogP contribution in [0.25, 0.3) is 0 Å². The maximum absolute atomic E-state index is 11.9. The van der Waals surface area contributed by atoms with Gasteiger partial charge in [0.15, 0.2) is 0 Å². The van der Waals surface area contributed by atoms with E-state index in [-0.39, 0.29) is 10.2 Å². The van der Waals surface area contributed by atoms with Crippen LogP contribution in [0.1, 0.15) is 0 Å². The van der Waals surface area contributed by atoms with Gasteiger partial charge in [0.05, 0.1) is 8.81 Å². The molecule has 0 aliphatic rings. The second-order valence-corrected chi connectivity index (χ2v) is 7.55. The molecule has 0 bridgehead atoms. The lowest BCUT2D eigenvalue weighted by Crippen LogP contribution is -2.13. The van der Waals surface area contributed by atoms with E-state index < -0.39 is 10.0 Å². The number of nitrogens with zero attached hydrogens (tertiary/aromatic N) is 2. The van der Waals surface area contributed by atoms with Crippen molar-refractivity contribution in [3.05, 3.63) is 33.3 Å². The highest BCUT2D eigenvalue weighted by Gasteiger charge is 2.19. The summed E-state index contributed by atoms with van der Waals surface area (Å²) in [6.07, 6.45) is 2.89. The molecule has 2 heterocycles. The van der Waals surface area contributed by atoms with Crippen LogP contribution >= 0.6 is 38.9 Å². The van der Waals surface area contributed by atoms with Crippen LogP contribution in [0.5, 0.6) is 0 Å². The third-order valence-electron chi connectivity index (χ3n) is 1.68. The van der Waals surface area contributed by atoms with Crippen LogP contribution in [0, 0.1) is 0 Å². The molecular weight excluding hydrogens is 350 g/mol. The summed E-state index contributed by atoms with van der Waals surface area (Å²) < 4.78 is 26.7. The first-order valence-corrected chi connectivity index (χ1v) is 7.71. The highest BCUT2D eigenvalue weighted by molar-refractivity contribution is 9.11. The summed E-state index contributed by atoms with van der Waals surface area (Å²) in [6.45, 7) is 0. The minimum atomic E-state index is -3.69. The van der Waals surface area contributed by atoms with Crippen LogP contribution in [0.3, 0.4) is 0 Å². The van der Waals surface area contributed by atoms with Gasteiger partial charge in [-0.25, -0.2) is 23.1 Å². The van der Waals surface area contributed by atoms with E-state index in [1.54, 1.807) is 6.07 Å². The van der Waals surface area contributed by atoms with E-state index in [0.29, 0.717) is 8.81 Å². The molecule has 0 fully saturated rings. The zero-order valence-corrected chi connectivity index (χ0v) is 12.1. The Balaban J connectivity index is 2.32. The van der Waals surface area contributed by atoms with Gasteiger partial charge in [-0.15, -0.1) is 11.3 Å². The summed E-state index contributed by atoms with van der Waals surface area (Å²) in [6, 6.07) is 2.96. The Morgan fingerprint density at radius 2 is 2.00 bits per heavy atom. The molecule has 1 N–H and O–H groups in total. The predicted octanol–water partition coefficient (Wildman–Crippen LogP) is 2.75. The highest BCUT2D eigenvalue weighted by atomic mass is 79.9. The maximum Gasteiger partial charge on any atom is 0.273 e. The SMILES string of the molecule is O=S(=O)(Nc1ncccn1)c1cc(Cl)c(Br)s1. The number of halogens is 2. The van der Waals surface area contributed by atoms with Crippen molar-refractivity contribution in [2.75, 3.05) is 4.72 Å². The molecule has 0 atom stereocenters. The molecule has 0 spiro atoms. The van der Waals surface area contributed by atoms with E-state index in [4.69, 9.17) is 11.6 Å². The van der Waals surface area contributed by atoms with Crippen molar-refractivity contribution in [3.63, 3.8) is 0 Å². The summed E-state index contributed by atoms with van der Waals surface area (Å²) in [4.78, 5) is 7.55. The Hall–Kier alpha value is -0.700. The van der Waals surface area contributed by atoms with Gasteiger partial charge in [-0.2, -0.15) is 0 Å². The third-order valence-corrected chi connectivity index (χ3v) is 5.96. The molecule has 0 unspecified atom stereocenters. The molecule has 0 saturated carbocycles. The fraction of sp³-hybridized carbons (Fsp3) is 0. The van der Waals surface area contributed by atoms with E-state index in [1.807, 2.05) is 0 Å². The Labute approximate surface area is 115 Å². The van der Waals surface area contributed by atoms with E-state index in [2.05, 4.69) is 30.6 Å². The van der Waals surface area contributed by atoms with Crippen LogP contribution in [0.15, 0.2) is 32.5 Å². The molecular formula is C8H5BrClN3O2S2. The Bertz CT molecular complexity index is 610. The second kappa shape index (κ2) is 4.89. The van der Waals surface area contributed by atoms with Gasteiger partial charge in [-0.1, -0.05) is 11.6 Å². The maximum atomic E-state index is 11.9. The van der Waals surface area contributed by atoms with Crippen molar-refractivity contribution in [1.29, 1.82) is 0 Å². The van der Waals surface area contributed by atoms with E-state index in [9.17, 15) is 8.42 Å². The zero-order chi connectivity index (χ0) is 12.5. The molecule has 2 aromatic heterocycles. The Morgan fingerprint density at radius 1 is 1.35 bits per heavy atom. The summed E-state index contributed by atoms with van der Waals surface area (Å²) in [7, 11) is -3.69. The number of rotatable bonds is 3. The topological polar surface area (TPSA) is 72.0 Å². The quantitative estimate of drug-likeness (QED) is 0.920. The highest BCUT2D eigenvalue weighted by Crippen LogP contribution is 2.34. The number of nitrogens with one attached hydrogen (secondary N) is 1. The lowest BCUT2D eigenvalue weighted by Gasteiger charge is -2.02. The van der Waals surface area contributed by atoms with Gasteiger partial charge in [-0.05, 0) is 28.1 Å². The number of aromatic nitrogens is 2. The molecule has 0 aliphatic heterocycles. The molecule has 5 nitrogen and oxygen atoms in total. The smallest absolute Gasteiger partial charge is 0.247 e. The van der Waals surface area contributed by atoms with Crippen molar-refractivity contribution in [2.45, 2.75) is 4.21 Å². The van der Waals surface area contributed by atoms with Gasteiger partial charge in [-0.3, -0.25) is 0 Å². The van der Waals surface area contributed by atoms with Crippen molar-refractivity contribution in [3.8, 4) is 0 Å². The first-order valence-electron chi connectivity index (χ1n) is 4.24. The molecule has 9 heteroatoms. The molecule has 0 radical (unpaired) electrons.